The predicted molar refractivity (Wildman–Crippen MR) is 85.0 cm³/mol. The van der Waals surface area contributed by atoms with Crippen molar-refractivity contribution in [1.29, 1.82) is 0 Å². The molecule has 0 amide bonds. The monoisotopic (exact) mass is 391 g/mol. The summed E-state index contributed by atoms with van der Waals surface area (Å²) in [5.41, 5.74) is 1.87. The van der Waals surface area contributed by atoms with Crippen LogP contribution in [0.4, 0.5) is 0 Å². The van der Waals surface area contributed by atoms with Crippen molar-refractivity contribution in [3.8, 4) is 0 Å². The van der Waals surface area contributed by atoms with E-state index in [9.17, 15) is 14.0 Å². The van der Waals surface area contributed by atoms with E-state index in [0.29, 0.717) is 16.9 Å². The van der Waals surface area contributed by atoms with Crippen LogP contribution >= 0.6 is 15.9 Å². The molecule has 1 fully saturated rings. The molecule has 1 aliphatic heterocycles. The highest BCUT2D eigenvalue weighted by Gasteiger charge is 2.42. The Morgan fingerprint density at radius 3 is 2.92 bits per heavy atom. The molecule has 13 heteroatoms. The van der Waals surface area contributed by atoms with Crippen molar-refractivity contribution in [2.24, 2.45) is 0 Å². The summed E-state index contributed by atoms with van der Waals surface area (Å²) in [5.74, 6) is 0. The van der Waals surface area contributed by atoms with Crippen molar-refractivity contribution in [2.75, 3.05) is 13.3 Å². The van der Waals surface area contributed by atoms with Gasteiger partial charge in [-0.25, -0.2) is 15.0 Å². The number of nitrogens with zero attached hydrogens (tertiary/aromatic N) is 4. The molecule has 3 unspecified atom stereocenters. The molecular weight excluding hydrogens is 374 g/mol. The van der Waals surface area contributed by atoms with E-state index < -0.39 is 34.3 Å². The fourth-order valence-electron chi connectivity index (χ4n) is 2.70. The highest BCUT2D eigenvalue weighted by molar-refractivity contribution is 7.51. The number of hydrogen-bond acceptors (Lipinski definition) is 8. The zero-order valence-corrected chi connectivity index (χ0v) is 15.2. The minimum absolute atomic E-state index is 0.225. The Balaban J connectivity index is 1.85. The highest BCUT2D eigenvalue weighted by Crippen LogP contribution is 2.44. The summed E-state index contributed by atoms with van der Waals surface area (Å²) in [6.07, 6.45) is 1.00. The summed E-state index contributed by atoms with van der Waals surface area (Å²) >= 11 is 0. The smallest absolute Gasteiger partial charge is 0.349 e. The van der Waals surface area contributed by atoms with Crippen LogP contribution in [0.2, 0.25) is 0 Å². The van der Waals surface area contributed by atoms with Crippen LogP contribution < -0.4 is 0 Å². The lowest BCUT2D eigenvalue weighted by molar-refractivity contribution is -0.0354. The van der Waals surface area contributed by atoms with Gasteiger partial charge in [0.15, 0.2) is 5.65 Å². The third kappa shape index (κ3) is 4.27. The molecule has 1 saturated heterocycles. The molecule has 0 spiro atoms. The van der Waals surface area contributed by atoms with Crippen molar-refractivity contribution in [1.82, 2.24) is 19.5 Å². The normalized spacial score (nSPS) is 26.7. The number of aromatic nitrogens is 4. The number of fused-ring (bicyclic) bond motifs is 1. The Bertz CT molecular complexity index is 838. The fraction of sp³-hybridized carbons (Fsp3) is 0.583. The van der Waals surface area contributed by atoms with Crippen molar-refractivity contribution in [3.05, 3.63) is 18.3 Å². The maximum atomic E-state index is 11.6. The lowest BCUT2D eigenvalue weighted by atomic mass is 10.2. The zero-order chi connectivity index (χ0) is 18.2. The second kappa shape index (κ2) is 7.13. The number of rotatable bonds is 6. The van der Waals surface area contributed by atoms with Crippen LogP contribution in [0.25, 0.3) is 11.2 Å². The standard InChI is InChI=1S/C12H16N4O7P2/c1-7-11-12(14-5-13-7)16(6-15-11)10-3-8(23-25(2,19)20)9(22-10)4-21-24(17)18/h5-6,8-10H,3-4H2,1-2H3,(H-,17,18,19,20)/p+1/t8?,9-,10-/m1/s1. The molecule has 3 rings (SSSR count). The van der Waals surface area contributed by atoms with Gasteiger partial charge in [-0.15, -0.1) is 9.42 Å². The van der Waals surface area contributed by atoms with Crippen LogP contribution in [0.5, 0.6) is 0 Å². The predicted octanol–water partition coefficient (Wildman–Crippen LogP) is 1.29. The van der Waals surface area contributed by atoms with Gasteiger partial charge < -0.3 is 14.2 Å². The Kier molecular flexibility index (Phi) is 5.26. The molecule has 25 heavy (non-hydrogen) atoms. The van der Waals surface area contributed by atoms with Gasteiger partial charge in [-0.1, -0.05) is 0 Å². The molecule has 0 bridgehead atoms. The van der Waals surface area contributed by atoms with E-state index in [2.05, 4.69) is 19.5 Å². The van der Waals surface area contributed by atoms with Crippen LogP contribution in [0.15, 0.2) is 12.7 Å². The second-order valence-corrected chi connectivity index (χ2v) is 8.18. The van der Waals surface area contributed by atoms with Gasteiger partial charge in [0.25, 0.3) is 0 Å². The molecule has 3 heterocycles. The molecule has 2 aromatic rings. The molecular formula is C12H17N4O7P2+. The second-order valence-electron chi connectivity index (χ2n) is 5.63. The number of hydrogen-bond donors (Lipinski definition) is 2. The van der Waals surface area contributed by atoms with Crippen molar-refractivity contribution in [3.63, 3.8) is 0 Å². The molecule has 11 nitrogen and oxygen atoms in total. The van der Waals surface area contributed by atoms with E-state index >= 15 is 0 Å². The third-order valence-corrected chi connectivity index (χ3v) is 4.74. The van der Waals surface area contributed by atoms with Gasteiger partial charge in [0.2, 0.25) is 0 Å². The van der Waals surface area contributed by atoms with Crippen molar-refractivity contribution >= 4 is 27.0 Å². The lowest BCUT2D eigenvalue weighted by Crippen LogP contribution is -2.27. The first-order valence-electron chi connectivity index (χ1n) is 7.32. The van der Waals surface area contributed by atoms with E-state index in [4.69, 9.17) is 14.2 Å². The van der Waals surface area contributed by atoms with E-state index in [0.717, 1.165) is 6.66 Å². The van der Waals surface area contributed by atoms with Crippen molar-refractivity contribution in [2.45, 2.75) is 31.8 Å². The average molecular weight is 391 g/mol. The topological polar surface area (TPSA) is 146 Å². The van der Waals surface area contributed by atoms with E-state index in [-0.39, 0.29) is 13.0 Å². The third-order valence-electron chi connectivity index (χ3n) is 3.71. The molecule has 2 N–H and O–H groups in total. The number of aryl methyl sites for hydroxylation is 1. The summed E-state index contributed by atoms with van der Waals surface area (Å²) in [4.78, 5) is 30.8. The SMILES string of the molecule is Cc1ncnc2c1ncn2[C@H]1CC(OP(C)(=O)O)[C@@H](CO[P+](=O)O)O1. The first-order valence-corrected chi connectivity index (χ1v) is 10.5. The quantitative estimate of drug-likeness (QED) is 0.691. The van der Waals surface area contributed by atoms with Crippen LogP contribution in [-0.2, 0) is 22.9 Å². The molecule has 0 radical (unpaired) electrons. The van der Waals surface area contributed by atoms with Gasteiger partial charge in [0, 0.05) is 17.7 Å². The van der Waals surface area contributed by atoms with Crippen LogP contribution in [-0.4, -0.2) is 54.8 Å². The summed E-state index contributed by atoms with van der Waals surface area (Å²) in [6, 6.07) is 0. The maximum absolute atomic E-state index is 11.6. The summed E-state index contributed by atoms with van der Waals surface area (Å²) in [6.45, 7) is 2.61. The molecule has 2 aromatic heterocycles. The van der Waals surface area contributed by atoms with Gasteiger partial charge >= 0.3 is 15.9 Å². The lowest BCUT2D eigenvalue weighted by Gasteiger charge is -2.17. The summed E-state index contributed by atoms with van der Waals surface area (Å²) in [7, 11) is -6.60. The van der Waals surface area contributed by atoms with Crippen molar-refractivity contribution < 1.29 is 32.7 Å². The largest absolute Gasteiger partial charge is 0.694 e. The van der Waals surface area contributed by atoms with E-state index in [1.54, 1.807) is 11.5 Å². The fourth-order valence-corrected chi connectivity index (χ4v) is 3.70. The first-order chi connectivity index (χ1) is 11.7. The average Bonchev–Trinajstić information content (AvgIpc) is 3.08. The number of imidazole rings is 1. The highest BCUT2D eigenvalue weighted by atomic mass is 31.2. The molecule has 1 aliphatic rings. The molecule has 5 atom stereocenters. The van der Waals surface area contributed by atoms with E-state index in [1.807, 2.05) is 0 Å². The van der Waals surface area contributed by atoms with Crippen LogP contribution in [0.3, 0.4) is 0 Å². The first kappa shape index (κ1) is 18.5. The number of ether oxygens (including phenoxy) is 1. The van der Waals surface area contributed by atoms with Gasteiger partial charge in [-0.05, 0) is 6.92 Å². The molecule has 0 aliphatic carbocycles. The molecule has 0 saturated carbocycles. The minimum atomic E-state index is -3.78. The zero-order valence-electron chi connectivity index (χ0n) is 13.4. The summed E-state index contributed by atoms with van der Waals surface area (Å²) in [5, 5.41) is 0. The Labute approximate surface area is 143 Å². The van der Waals surface area contributed by atoms with Crippen LogP contribution in [0.1, 0.15) is 18.3 Å². The molecule has 0 aromatic carbocycles. The van der Waals surface area contributed by atoms with Gasteiger partial charge in [0.1, 0.15) is 36.9 Å². The Hall–Kier alpha value is -1.32. The maximum Gasteiger partial charge on any atom is 0.694 e. The minimum Gasteiger partial charge on any atom is -0.349 e. The summed E-state index contributed by atoms with van der Waals surface area (Å²) < 4.78 is 39.7. The van der Waals surface area contributed by atoms with Crippen LogP contribution in [0, 0.1) is 6.92 Å². The van der Waals surface area contributed by atoms with Gasteiger partial charge in [-0.3, -0.25) is 9.13 Å². The van der Waals surface area contributed by atoms with Gasteiger partial charge in [-0.2, -0.15) is 0 Å². The van der Waals surface area contributed by atoms with E-state index in [1.165, 1.54) is 12.7 Å². The Morgan fingerprint density at radius 2 is 2.24 bits per heavy atom. The Morgan fingerprint density at radius 1 is 1.48 bits per heavy atom. The van der Waals surface area contributed by atoms with Gasteiger partial charge in [0.05, 0.1) is 12.0 Å². The molecule has 136 valence electrons.